The van der Waals surface area contributed by atoms with E-state index in [-0.39, 0.29) is 42.1 Å². The summed E-state index contributed by atoms with van der Waals surface area (Å²) in [6.07, 6.45) is 8.06. The molecule has 2 aromatic carbocycles. The number of aliphatic hydroxyl groups is 1. The molecule has 1 fully saturated rings. The number of hydrogen-bond acceptors (Lipinski definition) is 8. The van der Waals surface area contributed by atoms with Gasteiger partial charge in [-0.15, -0.1) is 0 Å². The lowest BCUT2D eigenvalue weighted by molar-refractivity contribution is -0.140. The summed E-state index contributed by atoms with van der Waals surface area (Å²) in [5, 5.41) is 11.9. The number of carbonyl (C=O) groups excluding carboxylic acids is 2. The average Bonchev–Trinajstić information content (AvgIpc) is 3.16. The molecule has 0 unspecified atom stereocenters. The minimum Gasteiger partial charge on any atom is -0.490 e. The van der Waals surface area contributed by atoms with Gasteiger partial charge >= 0.3 is 5.97 Å². The standard InChI is InChI=1S/C35H43ClN2O7S/c1-34(17-14-32(40)44-2)15-4-3-7-30(39)27-11-8-25(27)20-38-21-35(16-5-6-23-18-26(36)10-12-28(23)35)22-45-31-13-9-24(19-29(31)38)33(41)37-46(34,42)43/h3,7,9-10,12-13,18-19,25,27,30,39H,4-6,8,11,14-17,20-22H2,1-2H3,(H,37,41)/b7-3+/t25-,27+,30-,34+,35-/m0/s1. The predicted octanol–water partition coefficient (Wildman–Crippen LogP) is 5.32. The molecule has 2 aromatic rings. The number of anilines is 1. The minimum atomic E-state index is -4.23. The quantitative estimate of drug-likeness (QED) is 0.332. The first-order valence-electron chi connectivity index (χ1n) is 16.2. The molecule has 1 spiro atoms. The number of esters is 1. The number of amides is 1. The van der Waals surface area contributed by atoms with Crippen LogP contribution in [0, 0.1) is 11.8 Å². The van der Waals surface area contributed by atoms with Gasteiger partial charge < -0.3 is 19.5 Å². The number of carbonyl (C=O) groups is 2. The zero-order valence-corrected chi connectivity index (χ0v) is 28.0. The first-order chi connectivity index (χ1) is 21.9. The highest BCUT2D eigenvalue weighted by atomic mass is 35.5. The number of aryl methyl sites for hydroxylation is 1. The molecule has 2 heterocycles. The molecule has 2 bridgehead atoms. The van der Waals surface area contributed by atoms with Crippen LogP contribution in [0.25, 0.3) is 0 Å². The van der Waals surface area contributed by atoms with Gasteiger partial charge in [0.25, 0.3) is 5.91 Å². The third-order valence-electron chi connectivity index (χ3n) is 10.8. The van der Waals surface area contributed by atoms with Crippen molar-refractivity contribution in [1.82, 2.24) is 4.72 Å². The maximum atomic E-state index is 13.8. The molecule has 2 N–H and O–H groups in total. The van der Waals surface area contributed by atoms with E-state index in [4.69, 9.17) is 21.1 Å². The fourth-order valence-corrected chi connectivity index (χ4v) is 9.30. The lowest BCUT2D eigenvalue weighted by atomic mass is 9.68. The lowest BCUT2D eigenvalue weighted by Gasteiger charge is -2.45. The molecule has 1 saturated carbocycles. The second-order valence-electron chi connectivity index (χ2n) is 13.7. The second-order valence-corrected chi connectivity index (χ2v) is 16.3. The monoisotopic (exact) mass is 670 g/mol. The fraction of sp³-hybridized carbons (Fsp3) is 0.543. The van der Waals surface area contributed by atoms with Crippen molar-refractivity contribution >= 4 is 39.2 Å². The van der Waals surface area contributed by atoms with Crippen LogP contribution in [0.5, 0.6) is 5.75 Å². The molecular weight excluding hydrogens is 628 g/mol. The number of rotatable bonds is 3. The van der Waals surface area contributed by atoms with Crippen molar-refractivity contribution in [2.75, 3.05) is 31.7 Å². The van der Waals surface area contributed by atoms with Crippen LogP contribution in [0.2, 0.25) is 5.02 Å². The Labute approximate surface area is 276 Å². The Kier molecular flexibility index (Phi) is 9.17. The van der Waals surface area contributed by atoms with Gasteiger partial charge in [-0.1, -0.05) is 29.8 Å². The van der Waals surface area contributed by atoms with Gasteiger partial charge in [0.05, 0.1) is 30.3 Å². The summed E-state index contributed by atoms with van der Waals surface area (Å²) < 4.78 is 39.8. The molecule has 0 aromatic heterocycles. The summed E-state index contributed by atoms with van der Waals surface area (Å²) in [5.74, 6) is -0.330. The highest BCUT2D eigenvalue weighted by molar-refractivity contribution is 7.91. The van der Waals surface area contributed by atoms with Crippen LogP contribution in [0.15, 0.2) is 48.6 Å². The van der Waals surface area contributed by atoms with Crippen molar-refractivity contribution in [2.24, 2.45) is 11.8 Å². The van der Waals surface area contributed by atoms with E-state index in [1.54, 1.807) is 31.2 Å². The van der Waals surface area contributed by atoms with Gasteiger partial charge in [0, 0.05) is 35.5 Å². The Bertz CT molecular complexity index is 1650. The van der Waals surface area contributed by atoms with Crippen LogP contribution < -0.4 is 14.4 Å². The number of ether oxygens (including phenoxy) is 2. The molecule has 248 valence electrons. The topological polar surface area (TPSA) is 122 Å². The van der Waals surface area contributed by atoms with Crippen LogP contribution >= 0.6 is 11.6 Å². The van der Waals surface area contributed by atoms with E-state index >= 15 is 0 Å². The molecule has 6 rings (SSSR count). The van der Waals surface area contributed by atoms with E-state index in [0.717, 1.165) is 37.8 Å². The van der Waals surface area contributed by atoms with E-state index in [1.807, 2.05) is 12.1 Å². The van der Waals surface area contributed by atoms with Gasteiger partial charge in [0.2, 0.25) is 10.0 Å². The van der Waals surface area contributed by atoms with Crippen LogP contribution in [0.4, 0.5) is 5.69 Å². The summed E-state index contributed by atoms with van der Waals surface area (Å²) in [6.45, 7) is 3.33. The zero-order chi connectivity index (χ0) is 32.7. The summed E-state index contributed by atoms with van der Waals surface area (Å²) in [4.78, 5) is 27.9. The fourth-order valence-electron chi connectivity index (χ4n) is 7.74. The number of methoxy groups -OCH3 is 1. The summed E-state index contributed by atoms with van der Waals surface area (Å²) in [5.41, 5.74) is 3.09. The van der Waals surface area contributed by atoms with Crippen molar-refractivity contribution in [3.63, 3.8) is 0 Å². The summed E-state index contributed by atoms with van der Waals surface area (Å²) in [6, 6.07) is 11.2. The number of hydrogen-bond donors (Lipinski definition) is 2. The maximum Gasteiger partial charge on any atom is 0.305 e. The van der Waals surface area contributed by atoms with E-state index in [9.17, 15) is 23.1 Å². The molecule has 0 radical (unpaired) electrons. The van der Waals surface area contributed by atoms with Crippen molar-refractivity contribution in [3.05, 3.63) is 70.3 Å². The Morgan fingerprint density at radius 1 is 1.20 bits per heavy atom. The van der Waals surface area contributed by atoms with Crippen molar-refractivity contribution in [3.8, 4) is 5.75 Å². The van der Waals surface area contributed by atoms with Gasteiger partial charge in [0.1, 0.15) is 5.75 Å². The Hall–Kier alpha value is -3.08. The zero-order valence-electron chi connectivity index (χ0n) is 26.5. The largest absolute Gasteiger partial charge is 0.490 e. The predicted molar refractivity (Wildman–Crippen MR) is 177 cm³/mol. The Morgan fingerprint density at radius 2 is 2.02 bits per heavy atom. The van der Waals surface area contributed by atoms with E-state index < -0.39 is 32.8 Å². The number of halogens is 1. The number of nitrogens with one attached hydrogen (secondary N) is 1. The third-order valence-corrected chi connectivity index (χ3v) is 13.2. The first-order valence-corrected chi connectivity index (χ1v) is 18.1. The number of sulfonamides is 1. The molecule has 46 heavy (non-hydrogen) atoms. The van der Waals surface area contributed by atoms with Crippen LogP contribution in [0.3, 0.4) is 0 Å². The molecule has 2 aliphatic carbocycles. The van der Waals surface area contributed by atoms with Crippen molar-refractivity contribution in [1.29, 1.82) is 0 Å². The van der Waals surface area contributed by atoms with Gasteiger partial charge in [-0.05, 0) is 112 Å². The smallest absolute Gasteiger partial charge is 0.305 e. The molecule has 2 aliphatic heterocycles. The molecule has 5 atom stereocenters. The van der Waals surface area contributed by atoms with Crippen molar-refractivity contribution in [2.45, 2.75) is 81.0 Å². The number of allylic oxidation sites excluding steroid dienone is 1. The highest BCUT2D eigenvalue weighted by Crippen LogP contribution is 2.47. The SMILES string of the molecule is COC(=O)CC[C@@]1(C)CC/C=C/[C@H](O)[C@@H]2CC[C@H]2CN2C[C@@]3(CCCc4cc(Cl)ccc43)COc3ccc(cc32)C(=O)NS1(=O)=O. The third kappa shape index (κ3) is 6.28. The molecule has 9 nitrogen and oxygen atoms in total. The molecule has 11 heteroatoms. The van der Waals surface area contributed by atoms with Crippen molar-refractivity contribution < 1.29 is 32.6 Å². The van der Waals surface area contributed by atoms with Gasteiger partial charge in [-0.25, -0.2) is 13.1 Å². The Morgan fingerprint density at radius 3 is 2.78 bits per heavy atom. The number of fused-ring (bicyclic) bond motifs is 4. The van der Waals surface area contributed by atoms with Gasteiger partial charge in [-0.2, -0.15) is 0 Å². The summed E-state index contributed by atoms with van der Waals surface area (Å²) >= 11 is 6.40. The Balaban J connectivity index is 1.40. The normalized spacial score (nSPS) is 31.3. The van der Waals surface area contributed by atoms with Gasteiger partial charge in [0.15, 0.2) is 0 Å². The molecule has 4 aliphatic rings. The van der Waals surface area contributed by atoms with E-state index in [2.05, 4.69) is 21.8 Å². The maximum absolute atomic E-state index is 13.8. The molecule has 0 saturated heterocycles. The number of aliphatic hydroxyl groups excluding tert-OH is 1. The van der Waals surface area contributed by atoms with Crippen LogP contribution in [-0.2, 0) is 31.4 Å². The minimum absolute atomic E-state index is 0.0239. The van der Waals surface area contributed by atoms with E-state index in [1.165, 1.54) is 18.2 Å². The first kappa shape index (κ1) is 32.8. The average molecular weight is 671 g/mol. The number of benzene rings is 2. The molecule has 1 amide bonds. The van der Waals surface area contributed by atoms with Crippen LogP contribution in [0.1, 0.15) is 79.8 Å². The summed E-state index contributed by atoms with van der Waals surface area (Å²) in [7, 11) is -2.98. The van der Waals surface area contributed by atoms with Gasteiger partial charge in [-0.3, -0.25) is 9.59 Å². The highest BCUT2D eigenvalue weighted by Gasteiger charge is 2.45. The second kappa shape index (κ2) is 12.8. The van der Waals surface area contributed by atoms with E-state index in [0.29, 0.717) is 36.9 Å². The number of nitrogens with zero attached hydrogens (tertiary/aromatic N) is 1. The molecular formula is C35H43ClN2O7S. The lowest BCUT2D eigenvalue weighted by Crippen LogP contribution is -2.49. The van der Waals surface area contributed by atoms with Crippen LogP contribution in [-0.4, -0.2) is 63.1 Å².